The lowest BCUT2D eigenvalue weighted by molar-refractivity contribution is -0.124. The molecule has 3 N–H and O–H groups in total. The smallest absolute Gasteiger partial charge is 0.227 e. The van der Waals surface area contributed by atoms with Crippen molar-refractivity contribution in [2.45, 2.75) is 24.9 Å². The zero-order valence-electron chi connectivity index (χ0n) is 8.11. The van der Waals surface area contributed by atoms with E-state index < -0.39 is 0 Å². The second-order valence-electron chi connectivity index (χ2n) is 3.96. The minimum atomic E-state index is -0.0365. The van der Waals surface area contributed by atoms with Crippen molar-refractivity contribution < 1.29 is 9.53 Å². The van der Waals surface area contributed by atoms with Gasteiger partial charge < -0.3 is 15.8 Å². The second-order valence-corrected chi connectivity index (χ2v) is 3.96. The molecule has 0 radical (unpaired) electrons. The molecule has 2 aliphatic rings. The third kappa shape index (κ3) is 2.13. The van der Waals surface area contributed by atoms with Crippen LogP contribution in [0.25, 0.3) is 0 Å². The van der Waals surface area contributed by atoms with E-state index in [9.17, 15) is 4.79 Å². The topological polar surface area (TPSA) is 64.4 Å². The van der Waals surface area contributed by atoms with Crippen molar-refractivity contribution in [3.63, 3.8) is 0 Å². The van der Waals surface area contributed by atoms with Crippen molar-refractivity contribution >= 4 is 5.91 Å². The number of amides is 1. The van der Waals surface area contributed by atoms with Gasteiger partial charge in [-0.2, -0.15) is 0 Å². The molecule has 0 saturated carbocycles. The van der Waals surface area contributed by atoms with Crippen LogP contribution in [0.2, 0.25) is 0 Å². The Balaban J connectivity index is 1.80. The molecule has 3 atom stereocenters. The fourth-order valence-electron chi connectivity index (χ4n) is 1.88. The van der Waals surface area contributed by atoms with Gasteiger partial charge in [-0.25, -0.2) is 0 Å². The summed E-state index contributed by atoms with van der Waals surface area (Å²) in [7, 11) is 0. The van der Waals surface area contributed by atoms with Crippen LogP contribution in [0.5, 0.6) is 0 Å². The van der Waals surface area contributed by atoms with Gasteiger partial charge >= 0.3 is 0 Å². The first-order valence-electron chi connectivity index (χ1n) is 5.08. The summed E-state index contributed by atoms with van der Waals surface area (Å²) in [5.41, 5.74) is 5.68. The van der Waals surface area contributed by atoms with E-state index in [-0.39, 0.29) is 23.9 Å². The number of carbonyl (C=O) groups is 1. The molecule has 14 heavy (non-hydrogen) atoms. The molecule has 2 rings (SSSR count). The highest BCUT2D eigenvalue weighted by Crippen LogP contribution is 2.17. The van der Waals surface area contributed by atoms with Gasteiger partial charge in [-0.05, 0) is 12.8 Å². The highest BCUT2D eigenvalue weighted by atomic mass is 16.5. The molecular weight excluding hydrogens is 180 g/mol. The van der Waals surface area contributed by atoms with Crippen molar-refractivity contribution in [2.24, 2.45) is 11.7 Å². The summed E-state index contributed by atoms with van der Waals surface area (Å²) in [6.45, 7) is 1.40. The van der Waals surface area contributed by atoms with Crippen LogP contribution in [0, 0.1) is 5.92 Å². The highest BCUT2D eigenvalue weighted by Gasteiger charge is 2.25. The number of carbonyl (C=O) groups excluding carboxylic acids is 1. The number of nitrogens with two attached hydrogens (primary N) is 1. The Morgan fingerprint density at radius 2 is 2.36 bits per heavy atom. The molecule has 78 valence electrons. The van der Waals surface area contributed by atoms with Gasteiger partial charge in [0.25, 0.3) is 0 Å². The number of hydrogen-bond donors (Lipinski definition) is 2. The van der Waals surface area contributed by atoms with Gasteiger partial charge in [-0.3, -0.25) is 4.79 Å². The van der Waals surface area contributed by atoms with Crippen LogP contribution in [-0.4, -0.2) is 31.2 Å². The molecule has 0 aromatic carbocycles. The maximum Gasteiger partial charge on any atom is 0.227 e. The molecule has 1 saturated heterocycles. The van der Waals surface area contributed by atoms with E-state index in [1.807, 2.05) is 12.2 Å². The van der Waals surface area contributed by atoms with Gasteiger partial charge in [0, 0.05) is 12.6 Å². The Morgan fingerprint density at radius 3 is 2.93 bits per heavy atom. The average Bonchev–Trinajstić information content (AvgIpc) is 2.75. The summed E-state index contributed by atoms with van der Waals surface area (Å²) in [6.07, 6.45) is 5.46. The first kappa shape index (κ1) is 9.68. The van der Waals surface area contributed by atoms with Gasteiger partial charge in [0.15, 0.2) is 0 Å². The quantitative estimate of drug-likeness (QED) is 0.601. The van der Waals surface area contributed by atoms with E-state index in [2.05, 4.69) is 5.32 Å². The molecule has 1 heterocycles. The van der Waals surface area contributed by atoms with E-state index in [0.29, 0.717) is 6.61 Å². The minimum Gasteiger partial charge on any atom is -0.379 e. The van der Waals surface area contributed by atoms with E-state index in [1.54, 1.807) is 0 Å². The first-order chi connectivity index (χ1) is 6.75. The van der Waals surface area contributed by atoms with Crippen LogP contribution in [-0.2, 0) is 9.53 Å². The van der Waals surface area contributed by atoms with Crippen LogP contribution in [0.15, 0.2) is 12.2 Å². The summed E-state index contributed by atoms with van der Waals surface area (Å²) in [5.74, 6) is 0.0512. The fraction of sp³-hybridized carbons (Fsp3) is 0.700. The lowest BCUT2D eigenvalue weighted by atomic mass is 10.1. The summed E-state index contributed by atoms with van der Waals surface area (Å²) >= 11 is 0. The van der Waals surface area contributed by atoms with Crippen LogP contribution >= 0.6 is 0 Å². The predicted molar refractivity (Wildman–Crippen MR) is 52.6 cm³/mol. The van der Waals surface area contributed by atoms with E-state index >= 15 is 0 Å². The third-order valence-corrected chi connectivity index (χ3v) is 2.73. The Labute approximate surface area is 83.5 Å². The van der Waals surface area contributed by atoms with Gasteiger partial charge in [-0.1, -0.05) is 12.2 Å². The monoisotopic (exact) mass is 196 g/mol. The maximum absolute atomic E-state index is 11.7. The van der Waals surface area contributed by atoms with Crippen molar-refractivity contribution in [2.75, 3.05) is 13.2 Å². The van der Waals surface area contributed by atoms with Crippen LogP contribution in [0.3, 0.4) is 0 Å². The number of rotatable bonds is 2. The molecule has 1 fully saturated rings. The molecule has 0 bridgehead atoms. The zero-order valence-corrected chi connectivity index (χ0v) is 8.11. The van der Waals surface area contributed by atoms with Crippen molar-refractivity contribution in [1.29, 1.82) is 0 Å². The van der Waals surface area contributed by atoms with E-state index in [0.717, 1.165) is 19.4 Å². The molecule has 0 aromatic rings. The van der Waals surface area contributed by atoms with Crippen LogP contribution in [0.4, 0.5) is 0 Å². The van der Waals surface area contributed by atoms with Crippen LogP contribution in [0.1, 0.15) is 12.8 Å². The Kier molecular flexibility index (Phi) is 2.84. The average molecular weight is 196 g/mol. The summed E-state index contributed by atoms with van der Waals surface area (Å²) in [4.78, 5) is 11.7. The maximum atomic E-state index is 11.7. The van der Waals surface area contributed by atoms with Crippen molar-refractivity contribution in [1.82, 2.24) is 5.32 Å². The van der Waals surface area contributed by atoms with Gasteiger partial charge in [0.05, 0.1) is 18.6 Å². The fourth-order valence-corrected chi connectivity index (χ4v) is 1.88. The van der Waals surface area contributed by atoms with Crippen LogP contribution < -0.4 is 11.1 Å². The standard InChI is InChI=1S/C10H16N2O2/c11-8-2-1-7(5-8)10(13)12-9-3-4-14-6-9/h1-2,7-9H,3-6,11H2,(H,12,13). The van der Waals surface area contributed by atoms with E-state index in [1.165, 1.54) is 0 Å². The molecule has 3 unspecified atom stereocenters. The summed E-state index contributed by atoms with van der Waals surface area (Å²) in [5, 5.41) is 2.97. The van der Waals surface area contributed by atoms with E-state index in [4.69, 9.17) is 10.5 Å². The molecular formula is C10H16N2O2. The molecule has 4 heteroatoms. The Hall–Kier alpha value is -0.870. The lowest BCUT2D eigenvalue weighted by Gasteiger charge is -2.14. The number of hydrogen-bond acceptors (Lipinski definition) is 3. The Bertz CT molecular complexity index is 247. The number of nitrogens with one attached hydrogen (secondary N) is 1. The molecule has 1 aliphatic heterocycles. The first-order valence-corrected chi connectivity index (χ1v) is 5.08. The molecule has 1 amide bonds. The largest absolute Gasteiger partial charge is 0.379 e. The molecule has 4 nitrogen and oxygen atoms in total. The molecule has 0 aromatic heterocycles. The number of ether oxygens (including phenoxy) is 1. The van der Waals surface area contributed by atoms with Gasteiger partial charge in [0.1, 0.15) is 0 Å². The minimum absolute atomic E-state index is 0.0365. The second kappa shape index (κ2) is 4.11. The summed E-state index contributed by atoms with van der Waals surface area (Å²) < 4.78 is 5.18. The Morgan fingerprint density at radius 1 is 1.50 bits per heavy atom. The molecule has 0 spiro atoms. The third-order valence-electron chi connectivity index (χ3n) is 2.73. The van der Waals surface area contributed by atoms with Gasteiger partial charge in [-0.15, -0.1) is 0 Å². The summed E-state index contributed by atoms with van der Waals surface area (Å²) in [6, 6.07) is 0.248. The molecule has 1 aliphatic carbocycles. The lowest BCUT2D eigenvalue weighted by Crippen LogP contribution is -2.38. The normalized spacial score (nSPS) is 36.2. The predicted octanol–water partition coefficient (Wildman–Crippen LogP) is -0.205. The highest BCUT2D eigenvalue weighted by molar-refractivity contribution is 5.81. The van der Waals surface area contributed by atoms with Gasteiger partial charge in [0.2, 0.25) is 5.91 Å². The SMILES string of the molecule is NC1C=CC(C(=O)NC2CCOC2)C1. The van der Waals surface area contributed by atoms with Crippen molar-refractivity contribution in [3.8, 4) is 0 Å². The van der Waals surface area contributed by atoms with Crippen molar-refractivity contribution in [3.05, 3.63) is 12.2 Å². The zero-order chi connectivity index (χ0) is 9.97.